The summed E-state index contributed by atoms with van der Waals surface area (Å²) in [6, 6.07) is 5.50. The highest BCUT2D eigenvalue weighted by Gasteiger charge is 2.31. The van der Waals surface area contributed by atoms with Crippen LogP contribution in [0.1, 0.15) is 34.9 Å². The number of aromatic nitrogens is 2. The van der Waals surface area contributed by atoms with Gasteiger partial charge in [0.05, 0.1) is 25.3 Å². The van der Waals surface area contributed by atoms with Crippen molar-refractivity contribution in [3.8, 4) is 5.75 Å². The summed E-state index contributed by atoms with van der Waals surface area (Å²) in [6.07, 6.45) is -3.03. The number of carbonyl (C=O) groups is 1. The molecular formula is C21H25F3N4O5. The van der Waals surface area contributed by atoms with Crippen molar-refractivity contribution in [2.75, 3.05) is 38.9 Å². The Bertz CT molecular complexity index is 997. The van der Waals surface area contributed by atoms with Gasteiger partial charge >= 0.3 is 6.36 Å². The number of halogens is 3. The second kappa shape index (κ2) is 10.7. The Morgan fingerprint density at radius 2 is 2.00 bits per heavy atom. The van der Waals surface area contributed by atoms with Gasteiger partial charge in [0.1, 0.15) is 11.4 Å². The molecule has 1 aliphatic rings. The van der Waals surface area contributed by atoms with E-state index < -0.39 is 23.9 Å². The van der Waals surface area contributed by atoms with Crippen LogP contribution >= 0.6 is 0 Å². The summed E-state index contributed by atoms with van der Waals surface area (Å²) >= 11 is 0. The number of benzene rings is 1. The van der Waals surface area contributed by atoms with Crippen LogP contribution in [0.5, 0.6) is 5.75 Å². The zero-order valence-corrected chi connectivity index (χ0v) is 18.1. The molecule has 1 aliphatic heterocycles. The third kappa shape index (κ3) is 6.68. The van der Waals surface area contributed by atoms with Crippen molar-refractivity contribution in [1.29, 1.82) is 0 Å². The van der Waals surface area contributed by atoms with Crippen molar-refractivity contribution in [1.82, 2.24) is 15.3 Å². The van der Waals surface area contributed by atoms with Gasteiger partial charge in [0.2, 0.25) is 5.95 Å². The number of nitrogens with zero attached hydrogens (tertiary/aromatic N) is 2. The average molecular weight is 470 g/mol. The van der Waals surface area contributed by atoms with Gasteiger partial charge in [-0.2, -0.15) is 0 Å². The Morgan fingerprint density at radius 3 is 2.64 bits per heavy atom. The van der Waals surface area contributed by atoms with Gasteiger partial charge in [-0.15, -0.1) is 13.2 Å². The maximum atomic E-state index is 12.9. The summed E-state index contributed by atoms with van der Waals surface area (Å²) in [5, 5.41) is 2.71. The van der Waals surface area contributed by atoms with E-state index >= 15 is 0 Å². The van der Waals surface area contributed by atoms with Crippen LogP contribution in [0.3, 0.4) is 0 Å². The number of hydrogen-bond acceptors (Lipinski definition) is 7. The van der Waals surface area contributed by atoms with Crippen LogP contribution in [0.4, 0.5) is 19.1 Å². The molecule has 2 aromatic rings. The smallest absolute Gasteiger partial charge is 0.406 e. The van der Waals surface area contributed by atoms with Crippen molar-refractivity contribution < 1.29 is 32.2 Å². The fourth-order valence-corrected chi connectivity index (χ4v) is 3.70. The minimum Gasteiger partial charge on any atom is -0.406 e. The minimum absolute atomic E-state index is 0.0372. The molecule has 1 fully saturated rings. The number of rotatable bonds is 9. The van der Waals surface area contributed by atoms with Crippen LogP contribution in [0.15, 0.2) is 35.1 Å². The predicted octanol–water partition coefficient (Wildman–Crippen LogP) is 2.40. The number of nitrogens with one attached hydrogen (secondary N) is 2. The Labute approximate surface area is 187 Å². The summed E-state index contributed by atoms with van der Waals surface area (Å²) in [4.78, 5) is 34.0. The molecule has 33 heavy (non-hydrogen) atoms. The molecule has 0 unspecified atom stereocenters. The summed E-state index contributed by atoms with van der Waals surface area (Å²) in [6.45, 7) is 1.17. The third-order valence-corrected chi connectivity index (χ3v) is 5.12. The highest BCUT2D eigenvalue weighted by molar-refractivity contribution is 5.92. The normalized spacial score (nSPS) is 17.1. The van der Waals surface area contributed by atoms with Crippen LogP contribution < -0.4 is 20.5 Å². The number of hydrogen-bond donors (Lipinski definition) is 2. The van der Waals surface area contributed by atoms with Crippen molar-refractivity contribution in [3.05, 3.63) is 51.9 Å². The molecule has 0 aliphatic carbocycles. The van der Waals surface area contributed by atoms with Gasteiger partial charge in [0.25, 0.3) is 11.5 Å². The molecule has 12 heteroatoms. The van der Waals surface area contributed by atoms with E-state index in [1.165, 1.54) is 19.2 Å². The number of H-pyrrole nitrogens is 1. The first-order chi connectivity index (χ1) is 15.7. The fourth-order valence-electron chi connectivity index (χ4n) is 3.70. The molecule has 0 radical (unpaired) electrons. The lowest BCUT2D eigenvalue weighted by molar-refractivity contribution is -0.274. The Morgan fingerprint density at radius 1 is 1.27 bits per heavy atom. The third-order valence-electron chi connectivity index (χ3n) is 5.12. The van der Waals surface area contributed by atoms with Gasteiger partial charge in [-0.05, 0) is 30.5 Å². The fraction of sp³-hybridized carbons (Fsp3) is 0.476. The molecule has 2 heterocycles. The number of carbonyl (C=O) groups excluding carboxylic acids is 1. The maximum absolute atomic E-state index is 12.9. The maximum Gasteiger partial charge on any atom is 0.573 e. The lowest BCUT2D eigenvalue weighted by Crippen LogP contribution is -2.37. The molecule has 1 amide bonds. The summed E-state index contributed by atoms with van der Waals surface area (Å²) in [5.74, 6) is -0.725. The van der Waals surface area contributed by atoms with Gasteiger partial charge in [-0.3, -0.25) is 14.6 Å². The van der Waals surface area contributed by atoms with Crippen molar-refractivity contribution in [2.24, 2.45) is 0 Å². The van der Waals surface area contributed by atoms with Gasteiger partial charge in [0, 0.05) is 26.8 Å². The average Bonchev–Trinajstić information content (AvgIpc) is 3.21. The van der Waals surface area contributed by atoms with E-state index in [1.54, 1.807) is 7.11 Å². The number of anilines is 1. The van der Waals surface area contributed by atoms with Crippen LogP contribution in [0.25, 0.3) is 0 Å². The molecule has 9 nitrogen and oxygen atoms in total. The Kier molecular flexibility index (Phi) is 7.92. The molecule has 1 saturated heterocycles. The molecule has 3 rings (SSSR count). The first kappa shape index (κ1) is 24.5. The molecule has 0 spiro atoms. The quantitative estimate of drug-likeness (QED) is 0.580. The molecule has 0 bridgehead atoms. The molecule has 2 N–H and O–H groups in total. The van der Waals surface area contributed by atoms with E-state index in [2.05, 4.69) is 20.0 Å². The van der Waals surface area contributed by atoms with E-state index in [-0.39, 0.29) is 30.0 Å². The predicted molar refractivity (Wildman–Crippen MR) is 112 cm³/mol. The van der Waals surface area contributed by atoms with Crippen molar-refractivity contribution >= 4 is 11.9 Å². The molecule has 1 aromatic carbocycles. The topological polar surface area (TPSA) is 106 Å². The van der Waals surface area contributed by atoms with Crippen molar-refractivity contribution in [3.63, 3.8) is 0 Å². The number of alkyl halides is 3. The largest absolute Gasteiger partial charge is 0.573 e. The molecule has 2 atom stereocenters. The van der Waals surface area contributed by atoms with Gasteiger partial charge in [-0.1, -0.05) is 12.1 Å². The summed E-state index contributed by atoms with van der Waals surface area (Å²) in [7, 11) is 3.02. The van der Waals surface area contributed by atoms with Gasteiger partial charge in [0.15, 0.2) is 0 Å². The highest BCUT2D eigenvalue weighted by Crippen LogP contribution is 2.25. The van der Waals surface area contributed by atoms with Crippen LogP contribution in [0, 0.1) is 0 Å². The number of methoxy groups -OCH3 is 2. The molecule has 1 aromatic heterocycles. The zero-order chi connectivity index (χ0) is 24.0. The minimum atomic E-state index is -4.80. The van der Waals surface area contributed by atoms with E-state index in [9.17, 15) is 22.8 Å². The highest BCUT2D eigenvalue weighted by atomic mass is 19.4. The standard InChI is InChI=1S/C21H25F3N4O5/c1-31-11-14-4-3-9-28(14)20-26-16(10-18(29)27-20)19(30)25-17(12-32-2)13-5-7-15(8-6-13)33-21(22,23)24/h5-8,10,14,17H,3-4,9,11-12H2,1-2H3,(H,25,30)(H,26,27,29)/t14-,17+/m0/s1. The summed E-state index contributed by atoms with van der Waals surface area (Å²) < 4.78 is 51.4. The second-order valence-corrected chi connectivity index (χ2v) is 7.50. The molecule has 0 saturated carbocycles. The number of ether oxygens (including phenoxy) is 3. The SMILES string of the molecule is COC[C@@H]1CCCN1c1nc(C(=O)N[C@H](COC)c2ccc(OC(F)(F)F)cc2)cc(=O)[nH]1. The van der Waals surface area contributed by atoms with E-state index in [4.69, 9.17) is 9.47 Å². The molecular weight excluding hydrogens is 445 g/mol. The zero-order valence-electron chi connectivity index (χ0n) is 18.1. The van der Waals surface area contributed by atoms with Crippen LogP contribution in [-0.4, -0.2) is 62.3 Å². The van der Waals surface area contributed by atoms with Gasteiger partial charge < -0.3 is 24.4 Å². The second-order valence-electron chi connectivity index (χ2n) is 7.50. The van der Waals surface area contributed by atoms with Crippen LogP contribution in [0.2, 0.25) is 0 Å². The van der Waals surface area contributed by atoms with E-state index in [0.717, 1.165) is 31.0 Å². The Hall–Kier alpha value is -3.12. The first-order valence-electron chi connectivity index (χ1n) is 10.2. The summed E-state index contributed by atoms with van der Waals surface area (Å²) in [5.41, 5.74) is -0.0791. The van der Waals surface area contributed by atoms with E-state index in [1.807, 2.05) is 4.90 Å². The van der Waals surface area contributed by atoms with Crippen molar-refractivity contribution in [2.45, 2.75) is 31.3 Å². The lowest BCUT2D eigenvalue weighted by Gasteiger charge is -2.25. The lowest BCUT2D eigenvalue weighted by atomic mass is 10.1. The van der Waals surface area contributed by atoms with Crippen LogP contribution in [-0.2, 0) is 9.47 Å². The first-order valence-corrected chi connectivity index (χ1v) is 10.2. The van der Waals surface area contributed by atoms with Gasteiger partial charge in [-0.25, -0.2) is 4.98 Å². The number of aromatic amines is 1. The Balaban J connectivity index is 1.78. The molecule has 180 valence electrons. The number of amides is 1. The monoisotopic (exact) mass is 470 g/mol. The van der Waals surface area contributed by atoms with E-state index in [0.29, 0.717) is 18.7 Å².